The second kappa shape index (κ2) is 8.69. The zero-order chi connectivity index (χ0) is 24.2. The van der Waals surface area contributed by atoms with Gasteiger partial charge in [0.2, 0.25) is 10.0 Å². The highest BCUT2D eigenvalue weighted by Crippen LogP contribution is 2.45. The highest BCUT2D eigenvalue weighted by molar-refractivity contribution is 8.04. The molecule has 0 bridgehead atoms. The summed E-state index contributed by atoms with van der Waals surface area (Å²) in [4.78, 5) is 9.15. The molecule has 0 amide bonds. The lowest BCUT2D eigenvalue weighted by molar-refractivity contribution is 0.477. The normalized spacial score (nSPS) is 23.5. The van der Waals surface area contributed by atoms with Crippen molar-refractivity contribution in [1.82, 2.24) is 4.31 Å². The van der Waals surface area contributed by atoms with Gasteiger partial charge >= 0.3 is 0 Å². The SMILES string of the molecule is CC1=NC2=C(C(N)N1c1ccc(S(=O)(=O)N3CCCC3)cc1)N(c1c(C)cccc1C)C(N)S2. The van der Waals surface area contributed by atoms with Crippen molar-refractivity contribution < 1.29 is 8.42 Å². The van der Waals surface area contributed by atoms with E-state index in [9.17, 15) is 8.42 Å². The summed E-state index contributed by atoms with van der Waals surface area (Å²) in [7, 11) is -3.47. The molecule has 180 valence electrons. The molecular weight excluding hydrogens is 468 g/mol. The number of benzene rings is 2. The van der Waals surface area contributed by atoms with Crippen LogP contribution in [-0.4, -0.2) is 43.3 Å². The van der Waals surface area contributed by atoms with Crippen molar-refractivity contribution >= 4 is 39.0 Å². The van der Waals surface area contributed by atoms with E-state index in [0.29, 0.717) is 18.0 Å². The Morgan fingerprint density at radius 1 is 0.941 bits per heavy atom. The molecule has 3 heterocycles. The zero-order valence-corrected chi connectivity index (χ0v) is 21.2. The van der Waals surface area contributed by atoms with E-state index in [1.165, 1.54) is 11.8 Å². The van der Waals surface area contributed by atoms with Crippen LogP contribution in [0.3, 0.4) is 0 Å². The first-order chi connectivity index (χ1) is 16.2. The van der Waals surface area contributed by atoms with E-state index in [2.05, 4.69) is 30.9 Å². The fraction of sp³-hybridized carbons (Fsp3) is 0.375. The molecule has 1 saturated heterocycles. The third-order valence-electron chi connectivity index (χ3n) is 6.63. The van der Waals surface area contributed by atoms with Crippen molar-refractivity contribution in [2.75, 3.05) is 22.9 Å². The van der Waals surface area contributed by atoms with Gasteiger partial charge in [0.15, 0.2) is 0 Å². The molecule has 4 N–H and O–H groups in total. The Morgan fingerprint density at radius 3 is 2.18 bits per heavy atom. The van der Waals surface area contributed by atoms with Crippen molar-refractivity contribution in [3.8, 4) is 0 Å². The number of hydrogen-bond donors (Lipinski definition) is 2. The van der Waals surface area contributed by atoms with Crippen LogP contribution in [0.25, 0.3) is 0 Å². The van der Waals surface area contributed by atoms with Crippen molar-refractivity contribution in [1.29, 1.82) is 0 Å². The second-order valence-corrected chi connectivity index (χ2v) is 11.9. The summed E-state index contributed by atoms with van der Waals surface area (Å²) in [6.07, 6.45) is 1.29. The number of aryl methyl sites for hydroxylation is 2. The quantitative estimate of drug-likeness (QED) is 0.666. The maximum absolute atomic E-state index is 12.9. The Hall–Kier alpha value is -2.37. The van der Waals surface area contributed by atoms with Gasteiger partial charge in [-0.05, 0) is 69.0 Å². The van der Waals surface area contributed by atoms with Gasteiger partial charge in [-0.1, -0.05) is 30.0 Å². The smallest absolute Gasteiger partial charge is 0.243 e. The lowest BCUT2D eigenvalue weighted by atomic mass is 10.1. The summed E-state index contributed by atoms with van der Waals surface area (Å²) in [5.74, 6) is 0.740. The monoisotopic (exact) mass is 498 g/mol. The molecule has 10 heteroatoms. The average Bonchev–Trinajstić information content (AvgIpc) is 3.43. The van der Waals surface area contributed by atoms with Crippen LogP contribution in [0.4, 0.5) is 11.4 Å². The van der Waals surface area contributed by atoms with Crippen LogP contribution in [0, 0.1) is 13.8 Å². The Bertz CT molecular complexity index is 1260. The molecule has 2 aromatic carbocycles. The molecule has 0 aromatic heterocycles. The molecule has 2 atom stereocenters. The molecule has 5 rings (SSSR count). The lowest BCUT2D eigenvalue weighted by Crippen LogP contribution is -2.53. The van der Waals surface area contributed by atoms with Gasteiger partial charge in [0.1, 0.15) is 22.5 Å². The van der Waals surface area contributed by atoms with Crippen molar-refractivity contribution in [2.24, 2.45) is 16.5 Å². The summed E-state index contributed by atoms with van der Waals surface area (Å²) in [6.45, 7) is 7.20. The third-order valence-corrected chi connectivity index (χ3v) is 9.52. The lowest BCUT2D eigenvalue weighted by Gasteiger charge is -2.39. The number of rotatable bonds is 4. The molecule has 0 radical (unpaired) electrons. The standard InChI is InChI=1S/C24H30N6O2S2/c1-15-7-6-8-16(2)20(15)30-21-22(25)29(17(3)27-23(21)33-24(30)26)18-9-11-19(12-10-18)34(31,32)28-13-4-5-14-28/h6-12,22,24H,4-5,13-14,25-26H2,1-3H3. The predicted octanol–water partition coefficient (Wildman–Crippen LogP) is 3.28. The van der Waals surface area contributed by atoms with Crippen molar-refractivity contribution in [3.05, 3.63) is 64.3 Å². The van der Waals surface area contributed by atoms with Crippen LogP contribution in [0.1, 0.15) is 30.9 Å². The molecule has 3 aliphatic rings. The predicted molar refractivity (Wildman–Crippen MR) is 139 cm³/mol. The maximum atomic E-state index is 12.9. The maximum Gasteiger partial charge on any atom is 0.243 e. The minimum atomic E-state index is -3.47. The molecule has 0 saturated carbocycles. The van der Waals surface area contributed by atoms with E-state index in [4.69, 9.17) is 16.5 Å². The van der Waals surface area contributed by atoms with E-state index in [1.54, 1.807) is 28.6 Å². The average molecular weight is 499 g/mol. The molecule has 8 nitrogen and oxygen atoms in total. The van der Waals surface area contributed by atoms with E-state index < -0.39 is 16.2 Å². The molecule has 0 aliphatic carbocycles. The number of hydrogen-bond acceptors (Lipinski definition) is 8. The van der Waals surface area contributed by atoms with Gasteiger partial charge in [-0.3, -0.25) is 0 Å². The Kier molecular flexibility index (Phi) is 5.97. The summed E-state index contributed by atoms with van der Waals surface area (Å²) in [5, 5.41) is 0.824. The van der Waals surface area contributed by atoms with E-state index in [1.807, 2.05) is 17.9 Å². The van der Waals surface area contributed by atoms with Gasteiger partial charge in [-0.2, -0.15) is 4.31 Å². The van der Waals surface area contributed by atoms with Crippen LogP contribution in [-0.2, 0) is 10.0 Å². The minimum Gasteiger partial charge on any atom is -0.314 e. The van der Waals surface area contributed by atoms with Gasteiger partial charge in [0.25, 0.3) is 0 Å². The second-order valence-electron chi connectivity index (χ2n) is 8.89. The van der Waals surface area contributed by atoms with Crippen LogP contribution < -0.4 is 21.3 Å². The highest BCUT2D eigenvalue weighted by Gasteiger charge is 2.41. The molecule has 2 aromatic rings. The van der Waals surface area contributed by atoms with Gasteiger partial charge in [0.05, 0.1) is 10.6 Å². The van der Waals surface area contributed by atoms with Crippen LogP contribution in [0.2, 0.25) is 0 Å². The minimum absolute atomic E-state index is 0.300. The first-order valence-corrected chi connectivity index (χ1v) is 13.7. The highest BCUT2D eigenvalue weighted by atomic mass is 32.2. The summed E-state index contributed by atoms with van der Waals surface area (Å²) in [6, 6.07) is 13.1. The molecule has 34 heavy (non-hydrogen) atoms. The number of sulfonamides is 1. The Morgan fingerprint density at radius 2 is 1.56 bits per heavy atom. The number of nitrogens with zero attached hydrogens (tertiary/aromatic N) is 4. The number of nitrogens with two attached hydrogens (primary N) is 2. The number of thioether (sulfide) groups is 1. The number of anilines is 2. The number of amidine groups is 1. The molecule has 2 unspecified atom stereocenters. The third kappa shape index (κ3) is 3.74. The van der Waals surface area contributed by atoms with Gasteiger partial charge in [0, 0.05) is 24.5 Å². The zero-order valence-electron chi connectivity index (χ0n) is 19.6. The largest absolute Gasteiger partial charge is 0.314 e. The van der Waals surface area contributed by atoms with Crippen LogP contribution in [0.5, 0.6) is 0 Å². The van der Waals surface area contributed by atoms with E-state index >= 15 is 0 Å². The van der Waals surface area contributed by atoms with Gasteiger partial charge in [-0.15, -0.1) is 0 Å². The fourth-order valence-corrected chi connectivity index (χ4v) is 7.58. The van der Waals surface area contributed by atoms with Crippen molar-refractivity contribution in [3.63, 3.8) is 0 Å². The molecular formula is C24H30N6O2S2. The van der Waals surface area contributed by atoms with Crippen LogP contribution >= 0.6 is 11.8 Å². The fourth-order valence-electron chi connectivity index (χ4n) is 4.98. The summed E-state index contributed by atoms with van der Waals surface area (Å²) in [5.41, 5.74) is 18.0. The molecule has 0 spiro atoms. The Labute approximate surface area is 205 Å². The van der Waals surface area contributed by atoms with E-state index in [0.717, 1.165) is 51.9 Å². The number of para-hydroxylation sites is 1. The van der Waals surface area contributed by atoms with E-state index in [-0.39, 0.29) is 5.50 Å². The molecule has 3 aliphatic heterocycles. The number of aliphatic imine (C=N–C) groups is 1. The first kappa shape index (κ1) is 23.4. The van der Waals surface area contributed by atoms with Gasteiger partial charge < -0.3 is 21.3 Å². The van der Waals surface area contributed by atoms with Gasteiger partial charge in [-0.25, -0.2) is 13.4 Å². The molecule has 1 fully saturated rings. The topological polar surface area (TPSA) is 108 Å². The summed E-state index contributed by atoms with van der Waals surface area (Å²) < 4.78 is 27.4. The van der Waals surface area contributed by atoms with Crippen LogP contribution in [0.15, 0.2) is 63.1 Å². The first-order valence-electron chi connectivity index (χ1n) is 11.4. The summed E-state index contributed by atoms with van der Waals surface area (Å²) >= 11 is 1.50. The Balaban J connectivity index is 1.49. The van der Waals surface area contributed by atoms with Crippen molar-refractivity contribution in [2.45, 2.75) is 50.2 Å².